The van der Waals surface area contributed by atoms with Crippen LogP contribution >= 0.6 is 11.8 Å². The molecule has 0 radical (unpaired) electrons. The lowest BCUT2D eigenvalue weighted by Crippen LogP contribution is -2.07. The number of aromatic amines is 1. The number of hydrogen-bond donors (Lipinski definition) is 1. The van der Waals surface area contributed by atoms with E-state index in [1.165, 1.54) is 18.7 Å². The van der Waals surface area contributed by atoms with Crippen LogP contribution in [0.1, 0.15) is 51.5 Å². The van der Waals surface area contributed by atoms with Crippen LogP contribution in [0.25, 0.3) is 11.4 Å². The minimum Gasteiger partial charge on any atom is -0.355 e. The number of ketones is 2. The van der Waals surface area contributed by atoms with E-state index < -0.39 is 0 Å². The van der Waals surface area contributed by atoms with Gasteiger partial charge in [0.15, 0.2) is 22.5 Å². The first-order chi connectivity index (χ1) is 13.3. The molecule has 0 spiro atoms. The van der Waals surface area contributed by atoms with Gasteiger partial charge < -0.3 is 9.55 Å². The summed E-state index contributed by atoms with van der Waals surface area (Å²) in [6.45, 7) is 9.93. The zero-order valence-corrected chi connectivity index (χ0v) is 17.6. The average Bonchev–Trinajstić information content (AvgIpc) is 3.20. The number of thioether (sulfide) groups is 1. The van der Waals surface area contributed by atoms with Crippen molar-refractivity contribution in [2.24, 2.45) is 0 Å². The van der Waals surface area contributed by atoms with E-state index in [1.807, 2.05) is 56.5 Å². The number of carbonyl (C=O) groups excluding carboxylic acids is 2. The first-order valence-corrected chi connectivity index (χ1v) is 10.2. The van der Waals surface area contributed by atoms with Gasteiger partial charge in [0.1, 0.15) is 0 Å². The van der Waals surface area contributed by atoms with Gasteiger partial charge in [0.25, 0.3) is 0 Å². The van der Waals surface area contributed by atoms with Gasteiger partial charge in [-0.3, -0.25) is 9.59 Å². The number of aryl methyl sites for hydroxylation is 2. The molecule has 2 aromatic heterocycles. The van der Waals surface area contributed by atoms with E-state index in [0.29, 0.717) is 28.5 Å². The summed E-state index contributed by atoms with van der Waals surface area (Å²) in [6, 6.07) is 8.05. The third-order valence-corrected chi connectivity index (χ3v) is 5.79. The number of carbonyl (C=O) groups is 2. The summed E-state index contributed by atoms with van der Waals surface area (Å²) in [5.41, 5.74) is 4.72. The molecule has 1 aromatic carbocycles. The number of Topliss-reactive ketones (excluding diaryl/α,β-unsaturated/α-hetero) is 2. The molecule has 0 fully saturated rings. The standard InChI is InChI=1S/C21H24N4O2S/c1-6-25-20(16-10-8-7-9-12(16)2)23-24-21(25)28-11-17(27)19-13(3)18(15(5)26)14(4)22-19/h7-10,22H,6,11H2,1-5H3. The van der Waals surface area contributed by atoms with E-state index in [-0.39, 0.29) is 17.3 Å². The maximum Gasteiger partial charge on any atom is 0.191 e. The van der Waals surface area contributed by atoms with Crippen molar-refractivity contribution in [2.45, 2.75) is 46.3 Å². The van der Waals surface area contributed by atoms with Crippen LogP contribution in [0, 0.1) is 20.8 Å². The predicted molar refractivity (Wildman–Crippen MR) is 111 cm³/mol. The summed E-state index contributed by atoms with van der Waals surface area (Å²) in [5, 5.41) is 9.37. The molecule has 0 saturated carbocycles. The number of hydrogen-bond acceptors (Lipinski definition) is 5. The number of benzene rings is 1. The lowest BCUT2D eigenvalue weighted by molar-refractivity contribution is 0.101. The maximum absolute atomic E-state index is 12.7. The highest BCUT2D eigenvalue weighted by Gasteiger charge is 2.21. The van der Waals surface area contributed by atoms with Crippen molar-refractivity contribution in [2.75, 3.05) is 5.75 Å². The van der Waals surface area contributed by atoms with Crippen molar-refractivity contribution in [3.8, 4) is 11.4 Å². The molecular weight excluding hydrogens is 372 g/mol. The Morgan fingerprint density at radius 2 is 1.86 bits per heavy atom. The minimum absolute atomic E-state index is 0.0356. The molecule has 0 amide bonds. The SMILES string of the molecule is CCn1c(SCC(=O)c2[nH]c(C)c(C(C)=O)c2C)nnc1-c1ccccc1C. The first kappa shape index (κ1) is 20.1. The van der Waals surface area contributed by atoms with E-state index >= 15 is 0 Å². The summed E-state index contributed by atoms with van der Waals surface area (Å²) < 4.78 is 2.02. The molecule has 6 nitrogen and oxygen atoms in total. The van der Waals surface area contributed by atoms with Crippen LogP contribution in [0.5, 0.6) is 0 Å². The molecule has 28 heavy (non-hydrogen) atoms. The minimum atomic E-state index is -0.0544. The van der Waals surface area contributed by atoms with Crippen LogP contribution in [-0.2, 0) is 6.54 Å². The van der Waals surface area contributed by atoms with Crippen LogP contribution in [0.4, 0.5) is 0 Å². The molecule has 0 aliphatic heterocycles. The normalized spacial score (nSPS) is 11.0. The highest BCUT2D eigenvalue weighted by atomic mass is 32.2. The summed E-state index contributed by atoms with van der Waals surface area (Å²) >= 11 is 1.36. The van der Waals surface area contributed by atoms with Gasteiger partial charge in [-0.15, -0.1) is 10.2 Å². The van der Waals surface area contributed by atoms with Gasteiger partial charge in [-0.05, 0) is 45.7 Å². The summed E-state index contributed by atoms with van der Waals surface area (Å²) in [4.78, 5) is 27.6. The molecule has 0 aliphatic carbocycles. The maximum atomic E-state index is 12.7. The highest BCUT2D eigenvalue weighted by Crippen LogP contribution is 2.27. The molecule has 0 atom stereocenters. The Morgan fingerprint density at radius 3 is 2.46 bits per heavy atom. The Balaban J connectivity index is 1.82. The van der Waals surface area contributed by atoms with E-state index in [1.54, 1.807) is 0 Å². The number of H-pyrrole nitrogens is 1. The molecule has 0 aliphatic rings. The van der Waals surface area contributed by atoms with Gasteiger partial charge in [0.2, 0.25) is 0 Å². The molecule has 3 aromatic rings. The largest absolute Gasteiger partial charge is 0.355 e. The molecule has 7 heteroatoms. The van der Waals surface area contributed by atoms with E-state index in [2.05, 4.69) is 15.2 Å². The zero-order chi connectivity index (χ0) is 20.4. The van der Waals surface area contributed by atoms with Crippen LogP contribution in [-0.4, -0.2) is 37.1 Å². The lowest BCUT2D eigenvalue weighted by Gasteiger charge is -2.09. The lowest BCUT2D eigenvalue weighted by atomic mass is 10.1. The van der Waals surface area contributed by atoms with Crippen LogP contribution in [0.3, 0.4) is 0 Å². The van der Waals surface area contributed by atoms with Gasteiger partial charge in [-0.1, -0.05) is 36.0 Å². The Labute approximate surface area is 168 Å². The Morgan fingerprint density at radius 1 is 1.14 bits per heavy atom. The molecule has 0 bridgehead atoms. The highest BCUT2D eigenvalue weighted by molar-refractivity contribution is 7.99. The second-order valence-electron chi connectivity index (χ2n) is 6.76. The van der Waals surface area contributed by atoms with E-state index in [0.717, 1.165) is 22.6 Å². The number of aromatic nitrogens is 4. The van der Waals surface area contributed by atoms with Crippen molar-refractivity contribution in [1.82, 2.24) is 19.7 Å². The molecular formula is C21H24N4O2S. The van der Waals surface area contributed by atoms with Crippen molar-refractivity contribution < 1.29 is 9.59 Å². The molecule has 3 rings (SSSR count). The molecule has 0 saturated heterocycles. The van der Waals surface area contributed by atoms with E-state index in [9.17, 15) is 9.59 Å². The van der Waals surface area contributed by atoms with Crippen molar-refractivity contribution in [1.29, 1.82) is 0 Å². The van der Waals surface area contributed by atoms with Gasteiger partial charge in [0.05, 0.1) is 11.4 Å². The van der Waals surface area contributed by atoms with Crippen LogP contribution < -0.4 is 0 Å². The first-order valence-electron chi connectivity index (χ1n) is 9.20. The van der Waals surface area contributed by atoms with Crippen molar-refractivity contribution in [3.63, 3.8) is 0 Å². The smallest absolute Gasteiger partial charge is 0.191 e. The second kappa shape index (κ2) is 8.14. The van der Waals surface area contributed by atoms with Crippen LogP contribution in [0.15, 0.2) is 29.4 Å². The van der Waals surface area contributed by atoms with Gasteiger partial charge in [-0.2, -0.15) is 0 Å². The Kier molecular flexibility index (Phi) is 5.84. The third-order valence-electron chi connectivity index (χ3n) is 4.82. The fraction of sp³-hybridized carbons (Fsp3) is 0.333. The van der Waals surface area contributed by atoms with Gasteiger partial charge in [-0.25, -0.2) is 0 Å². The van der Waals surface area contributed by atoms with Gasteiger partial charge >= 0.3 is 0 Å². The number of rotatable bonds is 7. The Bertz CT molecular complexity index is 1050. The second-order valence-corrected chi connectivity index (χ2v) is 7.70. The molecule has 146 valence electrons. The zero-order valence-electron chi connectivity index (χ0n) is 16.8. The summed E-state index contributed by atoms with van der Waals surface area (Å²) in [6.07, 6.45) is 0. The monoisotopic (exact) mass is 396 g/mol. The average molecular weight is 397 g/mol. The topological polar surface area (TPSA) is 80.6 Å². The quantitative estimate of drug-likeness (QED) is 0.473. The fourth-order valence-corrected chi connectivity index (χ4v) is 4.34. The Hall–Kier alpha value is -2.67. The van der Waals surface area contributed by atoms with Crippen molar-refractivity contribution in [3.05, 3.63) is 52.3 Å². The van der Waals surface area contributed by atoms with Crippen molar-refractivity contribution >= 4 is 23.3 Å². The number of nitrogens with zero attached hydrogens (tertiary/aromatic N) is 3. The van der Waals surface area contributed by atoms with Gasteiger partial charge in [0, 0.05) is 23.4 Å². The molecule has 1 N–H and O–H groups in total. The fourth-order valence-electron chi connectivity index (χ4n) is 3.46. The molecule has 0 unspecified atom stereocenters. The summed E-state index contributed by atoms with van der Waals surface area (Å²) in [5.74, 6) is 0.943. The predicted octanol–water partition coefficient (Wildman–Crippen LogP) is 4.40. The van der Waals surface area contributed by atoms with Crippen LogP contribution in [0.2, 0.25) is 0 Å². The number of nitrogens with one attached hydrogen (secondary N) is 1. The van der Waals surface area contributed by atoms with E-state index in [4.69, 9.17) is 0 Å². The third kappa shape index (κ3) is 3.67. The summed E-state index contributed by atoms with van der Waals surface area (Å²) in [7, 11) is 0. The molecule has 2 heterocycles.